The predicted octanol–water partition coefficient (Wildman–Crippen LogP) is 5.29. The molecule has 36 heavy (non-hydrogen) atoms. The van der Waals surface area contributed by atoms with Gasteiger partial charge in [0.2, 0.25) is 5.76 Å². The molecule has 1 aliphatic heterocycles. The molecule has 1 aliphatic rings. The Kier molecular flexibility index (Phi) is 5.80. The molecule has 1 amide bonds. The van der Waals surface area contributed by atoms with Crippen molar-refractivity contribution in [1.29, 1.82) is 0 Å². The molecule has 0 bridgehead atoms. The van der Waals surface area contributed by atoms with Gasteiger partial charge in [-0.05, 0) is 74.0 Å². The molecule has 8 heteroatoms. The molecule has 2 heterocycles. The van der Waals surface area contributed by atoms with E-state index < -0.39 is 23.2 Å². The van der Waals surface area contributed by atoms with Gasteiger partial charge in [0.1, 0.15) is 11.4 Å². The van der Waals surface area contributed by atoms with Crippen LogP contribution in [-0.4, -0.2) is 25.4 Å². The first-order valence-electron chi connectivity index (χ1n) is 11.4. The van der Waals surface area contributed by atoms with Crippen LogP contribution in [-0.2, 0) is 0 Å². The lowest BCUT2D eigenvalue weighted by molar-refractivity contribution is 0.0970. The first kappa shape index (κ1) is 23.3. The highest BCUT2D eigenvalue weighted by molar-refractivity contribution is 6.11. The van der Waals surface area contributed by atoms with E-state index in [1.165, 1.54) is 31.1 Å². The maximum Gasteiger partial charge on any atom is 0.295 e. The van der Waals surface area contributed by atoms with Gasteiger partial charge in [-0.15, -0.1) is 0 Å². The number of ketones is 1. The number of carbonyl (C=O) groups excluding carboxylic acids is 2. The van der Waals surface area contributed by atoms with Crippen LogP contribution in [0.3, 0.4) is 0 Å². The average molecular weight is 487 g/mol. The summed E-state index contributed by atoms with van der Waals surface area (Å²) in [5, 5.41) is 0.0400. The molecule has 4 aromatic rings. The average Bonchev–Trinajstić information content (AvgIpc) is 3.17. The summed E-state index contributed by atoms with van der Waals surface area (Å²) in [7, 11) is 1.50. The van der Waals surface area contributed by atoms with E-state index in [-0.39, 0.29) is 28.1 Å². The van der Waals surface area contributed by atoms with Gasteiger partial charge in [-0.3, -0.25) is 19.3 Å². The highest BCUT2D eigenvalue weighted by Crippen LogP contribution is 2.43. The molecule has 3 aromatic carbocycles. The minimum absolute atomic E-state index is 0.0400. The fourth-order valence-corrected chi connectivity index (χ4v) is 4.51. The van der Waals surface area contributed by atoms with Gasteiger partial charge in [0.05, 0.1) is 30.7 Å². The lowest BCUT2D eigenvalue weighted by atomic mass is 9.97. The summed E-state index contributed by atoms with van der Waals surface area (Å²) in [6, 6.07) is 14.4. The van der Waals surface area contributed by atoms with E-state index in [4.69, 9.17) is 13.9 Å². The second-order valence-electron chi connectivity index (χ2n) is 8.34. The van der Waals surface area contributed by atoms with Crippen LogP contribution in [0, 0.1) is 5.82 Å². The molecule has 0 saturated carbocycles. The standard InChI is InChI=1S/C28H22FNO6/c1-4-35-22-11-7-17(13-23(22)34-3)25-24-26(32)20-14-18(29)8-12-21(20)36-27(24)28(33)30(25)19-9-5-16(6-10-19)15(2)31/h5-14,25H,4H2,1-3H3. The number of Topliss-reactive ketones (excluding diaryl/α,β-unsaturated/α-hetero) is 1. The number of hydrogen-bond donors (Lipinski definition) is 0. The summed E-state index contributed by atoms with van der Waals surface area (Å²) in [5.74, 6) is -0.406. The molecule has 0 radical (unpaired) electrons. The summed E-state index contributed by atoms with van der Waals surface area (Å²) >= 11 is 0. The first-order chi connectivity index (χ1) is 17.3. The molecule has 1 atom stereocenters. The summed E-state index contributed by atoms with van der Waals surface area (Å²) in [6.07, 6.45) is 0. The molecule has 0 spiro atoms. The number of anilines is 1. The van der Waals surface area contributed by atoms with Gasteiger partial charge in [-0.2, -0.15) is 0 Å². The minimum atomic E-state index is -0.885. The molecule has 0 N–H and O–H groups in total. The fourth-order valence-electron chi connectivity index (χ4n) is 4.51. The van der Waals surface area contributed by atoms with E-state index in [2.05, 4.69) is 0 Å². The van der Waals surface area contributed by atoms with Crippen molar-refractivity contribution in [3.8, 4) is 11.5 Å². The third kappa shape index (κ3) is 3.71. The zero-order valence-corrected chi connectivity index (χ0v) is 19.8. The maximum absolute atomic E-state index is 14.0. The monoisotopic (exact) mass is 487 g/mol. The van der Waals surface area contributed by atoms with Crippen molar-refractivity contribution in [3.05, 3.63) is 99.2 Å². The van der Waals surface area contributed by atoms with Crippen LogP contribution in [0.2, 0.25) is 0 Å². The number of carbonyl (C=O) groups is 2. The lowest BCUT2D eigenvalue weighted by Crippen LogP contribution is -2.29. The number of rotatable bonds is 6. The number of nitrogens with zero attached hydrogens (tertiary/aromatic N) is 1. The maximum atomic E-state index is 14.0. The van der Waals surface area contributed by atoms with Crippen molar-refractivity contribution >= 4 is 28.3 Å². The first-order valence-corrected chi connectivity index (χ1v) is 11.4. The van der Waals surface area contributed by atoms with Crippen molar-refractivity contribution in [2.45, 2.75) is 19.9 Å². The Morgan fingerprint density at radius 2 is 1.78 bits per heavy atom. The number of amides is 1. The van der Waals surface area contributed by atoms with E-state index in [1.807, 2.05) is 6.92 Å². The quantitative estimate of drug-likeness (QED) is 0.344. The highest BCUT2D eigenvalue weighted by atomic mass is 19.1. The van der Waals surface area contributed by atoms with Crippen molar-refractivity contribution in [1.82, 2.24) is 0 Å². The highest BCUT2D eigenvalue weighted by Gasteiger charge is 2.44. The van der Waals surface area contributed by atoms with E-state index in [1.54, 1.807) is 42.5 Å². The largest absolute Gasteiger partial charge is 0.493 e. The van der Waals surface area contributed by atoms with Gasteiger partial charge in [0.25, 0.3) is 5.91 Å². The molecule has 0 saturated heterocycles. The van der Waals surface area contributed by atoms with Gasteiger partial charge in [0, 0.05) is 11.3 Å². The number of benzene rings is 3. The molecule has 0 fully saturated rings. The number of halogens is 1. The van der Waals surface area contributed by atoms with Gasteiger partial charge >= 0.3 is 0 Å². The Bertz CT molecular complexity index is 1570. The molecule has 0 aliphatic carbocycles. The van der Waals surface area contributed by atoms with Crippen LogP contribution in [0.1, 0.15) is 51.9 Å². The second kappa shape index (κ2) is 8.96. The number of methoxy groups -OCH3 is 1. The Balaban J connectivity index is 1.76. The van der Waals surface area contributed by atoms with Crippen LogP contribution < -0.4 is 19.8 Å². The number of hydrogen-bond acceptors (Lipinski definition) is 6. The van der Waals surface area contributed by atoms with Crippen LogP contribution in [0.25, 0.3) is 11.0 Å². The Morgan fingerprint density at radius 3 is 2.44 bits per heavy atom. The number of ether oxygens (including phenoxy) is 2. The molecule has 1 unspecified atom stereocenters. The zero-order valence-electron chi connectivity index (χ0n) is 19.8. The second-order valence-corrected chi connectivity index (χ2v) is 8.34. The van der Waals surface area contributed by atoms with Crippen molar-refractivity contribution in [3.63, 3.8) is 0 Å². The molecule has 1 aromatic heterocycles. The van der Waals surface area contributed by atoms with Crippen LogP contribution in [0.4, 0.5) is 10.1 Å². The van der Waals surface area contributed by atoms with Crippen molar-refractivity contribution in [2.75, 3.05) is 18.6 Å². The summed E-state index contributed by atoms with van der Waals surface area (Å²) < 4.78 is 31.0. The Morgan fingerprint density at radius 1 is 1.03 bits per heavy atom. The summed E-state index contributed by atoms with van der Waals surface area (Å²) in [4.78, 5) is 40.5. The van der Waals surface area contributed by atoms with Gasteiger partial charge < -0.3 is 13.9 Å². The summed E-state index contributed by atoms with van der Waals surface area (Å²) in [5.41, 5.74) is 1.23. The predicted molar refractivity (Wildman–Crippen MR) is 132 cm³/mol. The summed E-state index contributed by atoms with van der Waals surface area (Å²) in [6.45, 7) is 3.73. The smallest absolute Gasteiger partial charge is 0.295 e. The molecular formula is C28H22FNO6. The van der Waals surface area contributed by atoms with Crippen LogP contribution >= 0.6 is 0 Å². The third-order valence-electron chi connectivity index (χ3n) is 6.19. The molecule has 7 nitrogen and oxygen atoms in total. The van der Waals surface area contributed by atoms with E-state index >= 15 is 0 Å². The zero-order chi connectivity index (χ0) is 25.6. The van der Waals surface area contributed by atoms with E-state index in [0.717, 1.165) is 6.07 Å². The lowest BCUT2D eigenvalue weighted by Gasteiger charge is -2.26. The van der Waals surface area contributed by atoms with Crippen LogP contribution in [0.5, 0.6) is 11.5 Å². The minimum Gasteiger partial charge on any atom is -0.493 e. The molecular weight excluding hydrogens is 465 g/mol. The van der Waals surface area contributed by atoms with Crippen molar-refractivity contribution in [2.24, 2.45) is 0 Å². The van der Waals surface area contributed by atoms with Gasteiger partial charge in [-0.25, -0.2) is 4.39 Å². The van der Waals surface area contributed by atoms with Crippen LogP contribution in [0.15, 0.2) is 69.9 Å². The fraction of sp³-hybridized carbons (Fsp3) is 0.179. The van der Waals surface area contributed by atoms with Crippen molar-refractivity contribution < 1.29 is 27.9 Å². The van der Waals surface area contributed by atoms with E-state index in [0.29, 0.717) is 34.9 Å². The Hall–Kier alpha value is -4.46. The SMILES string of the molecule is CCOc1ccc(C2c3c(oc4ccc(F)cc4c3=O)C(=O)N2c2ccc(C(C)=O)cc2)cc1OC. The van der Waals surface area contributed by atoms with E-state index in [9.17, 15) is 18.8 Å². The molecule has 5 rings (SSSR count). The molecule has 182 valence electrons. The third-order valence-corrected chi connectivity index (χ3v) is 6.19. The Labute approximate surface area is 205 Å². The normalized spacial score (nSPS) is 14.7. The topological polar surface area (TPSA) is 86.0 Å². The van der Waals surface area contributed by atoms with Gasteiger partial charge in [-0.1, -0.05) is 6.07 Å². The number of fused-ring (bicyclic) bond motifs is 2. The van der Waals surface area contributed by atoms with Gasteiger partial charge in [0.15, 0.2) is 22.7 Å².